The van der Waals surface area contributed by atoms with Crippen LogP contribution in [0.3, 0.4) is 0 Å². The van der Waals surface area contributed by atoms with Gasteiger partial charge >= 0.3 is 0 Å². The maximum absolute atomic E-state index is 3.79. The fourth-order valence-corrected chi connectivity index (χ4v) is 3.36. The Balaban J connectivity index is 1.82. The van der Waals surface area contributed by atoms with Crippen molar-refractivity contribution in [3.05, 3.63) is 22.4 Å². The van der Waals surface area contributed by atoms with Gasteiger partial charge in [-0.05, 0) is 57.3 Å². The van der Waals surface area contributed by atoms with E-state index >= 15 is 0 Å². The Bertz CT molecular complexity index is 310. The van der Waals surface area contributed by atoms with E-state index in [4.69, 9.17) is 0 Å². The summed E-state index contributed by atoms with van der Waals surface area (Å²) < 4.78 is 0. The molecule has 1 fully saturated rings. The second-order valence-electron chi connectivity index (χ2n) is 4.97. The molecular weight excluding hydrogens is 228 g/mol. The van der Waals surface area contributed by atoms with Gasteiger partial charge in [0.15, 0.2) is 0 Å². The summed E-state index contributed by atoms with van der Waals surface area (Å²) in [4.78, 5) is 4.03. The van der Waals surface area contributed by atoms with Crippen LogP contribution in [0.4, 0.5) is 0 Å². The molecule has 0 amide bonds. The maximum atomic E-state index is 3.79. The van der Waals surface area contributed by atoms with Gasteiger partial charge in [0.1, 0.15) is 0 Å². The van der Waals surface area contributed by atoms with E-state index in [2.05, 4.69) is 41.6 Å². The van der Waals surface area contributed by atoms with Crippen molar-refractivity contribution in [2.45, 2.75) is 45.2 Å². The molecule has 0 radical (unpaired) electrons. The van der Waals surface area contributed by atoms with E-state index in [9.17, 15) is 0 Å². The number of hydrogen-bond acceptors (Lipinski definition) is 3. The molecule has 0 saturated carbocycles. The SMILES string of the molecule is CCN1CCCC(N[C@H](C)c2cccs2)CC1. The number of thiophene rings is 1. The van der Waals surface area contributed by atoms with Crippen molar-refractivity contribution in [1.82, 2.24) is 10.2 Å². The number of likely N-dealkylation sites (tertiary alicyclic amines) is 1. The van der Waals surface area contributed by atoms with Crippen LogP contribution in [0, 0.1) is 0 Å². The van der Waals surface area contributed by atoms with Gasteiger partial charge in [0, 0.05) is 17.0 Å². The van der Waals surface area contributed by atoms with Crippen LogP contribution in [0.5, 0.6) is 0 Å². The third-order valence-electron chi connectivity index (χ3n) is 3.72. The molecule has 1 aromatic rings. The predicted molar refractivity (Wildman–Crippen MR) is 75.6 cm³/mol. The Morgan fingerprint density at radius 1 is 1.47 bits per heavy atom. The van der Waals surface area contributed by atoms with Gasteiger partial charge in [-0.3, -0.25) is 0 Å². The zero-order chi connectivity index (χ0) is 12.1. The van der Waals surface area contributed by atoms with Crippen molar-refractivity contribution in [3.63, 3.8) is 0 Å². The number of nitrogens with one attached hydrogen (secondary N) is 1. The van der Waals surface area contributed by atoms with Crippen LogP contribution in [0.2, 0.25) is 0 Å². The van der Waals surface area contributed by atoms with Crippen LogP contribution in [-0.4, -0.2) is 30.6 Å². The molecule has 2 rings (SSSR count). The highest BCUT2D eigenvalue weighted by molar-refractivity contribution is 7.10. The first-order chi connectivity index (χ1) is 8.29. The standard InChI is InChI=1S/C14H24N2S/c1-3-16-9-4-6-13(8-10-16)15-12(2)14-7-5-11-17-14/h5,7,11-13,15H,3-4,6,8-10H2,1-2H3/t12-,13?/m1/s1. The molecule has 1 N–H and O–H groups in total. The molecule has 2 atom stereocenters. The minimum absolute atomic E-state index is 0.508. The first-order valence-corrected chi connectivity index (χ1v) is 7.69. The Labute approximate surface area is 109 Å². The zero-order valence-corrected chi connectivity index (χ0v) is 11.8. The molecule has 1 aliphatic heterocycles. The van der Waals surface area contributed by atoms with Gasteiger partial charge in [-0.25, -0.2) is 0 Å². The van der Waals surface area contributed by atoms with E-state index in [1.165, 1.54) is 43.8 Å². The van der Waals surface area contributed by atoms with Crippen LogP contribution in [0.1, 0.15) is 44.0 Å². The van der Waals surface area contributed by atoms with Gasteiger partial charge in [-0.15, -0.1) is 11.3 Å². The van der Waals surface area contributed by atoms with Crippen LogP contribution in [0.25, 0.3) is 0 Å². The van der Waals surface area contributed by atoms with E-state index in [0.717, 1.165) is 0 Å². The first-order valence-electron chi connectivity index (χ1n) is 6.81. The third-order valence-corrected chi connectivity index (χ3v) is 4.78. The molecule has 0 aromatic carbocycles. The van der Waals surface area contributed by atoms with Crippen LogP contribution in [-0.2, 0) is 0 Å². The zero-order valence-electron chi connectivity index (χ0n) is 11.0. The summed E-state index contributed by atoms with van der Waals surface area (Å²) in [7, 11) is 0. The summed E-state index contributed by atoms with van der Waals surface area (Å²) in [5.41, 5.74) is 0. The second-order valence-corrected chi connectivity index (χ2v) is 5.95. The lowest BCUT2D eigenvalue weighted by molar-refractivity contribution is 0.296. The summed E-state index contributed by atoms with van der Waals surface area (Å²) in [6.07, 6.45) is 3.96. The van der Waals surface area contributed by atoms with Gasteiger partial charge in [0.2, 0.25) is 0 Å². The largest absolute Gasteiger partial charge is 0.307 e. The average Bonchev–Trinajstić information content (AvgIpc) is 2.78. The molecule has 1 aliphatic rings. The predicted octanol–water partition coefficient (Wildman–Crippen LogP) is 3.27. The molecule has 1 saturated heterocycles. The van der Waals surface area contributed by atoms with Gasteiger partial charge in [0.05, 0.1) is 0 Å². The smallest absolute Gasteiger partial charge is 0.0388 e. The molecule has 0 spiro atoms. The molecule has 3 heteroatoms. The molecule has 96 valence electrons. The summed E-state index contributed by atoms with van der Waals surface area (Å²) in [5, 5.41) is 5.96. The van der Waals surface area contributed by atoms with E-state index in [1.54, 1.807) is 0 Å². The normalized spacial score (nSPS) is 24.5. The van der Waals surface area contributed by atoms with E-state index in [1.807, 2.05) is 11.3 Å². The molecule has 1 aromatic heterocycles. The third kappa shape index (κ3) is 3.80. The van der Waals surface area contributed by atoms with Crippen molar-refractivity contribution in [3.8, 4) is 0 Å². The highest BCUT2D eigenvalue weighted by Crippen LogP contribution is 2.21. The van der Waals surface area contributed by atoms with Crippen LogP contribution >= 0.6 is 11.3 Å². The molecule has 2 nitrogen and oxygen atoms in total. The minimum atomic E-state index is 0.508. The van der Waals surface area contributed by atoms with Gasteiger partial charge in [-0.2, -0.15) is 0 Å². The van der Waals surface area contributed by atoms with E-state index in [-0.39, 0.29) is 0 Å². The number of rotatable bonds is 4. The van der Waals surface area contributed by atoms with Crippen molar-refractivity contribution < 1.29 is 0 Å². The van der Waals surface area contributed by atoms with Gasteiger partial charge in [-0.1, -0.05) is 13.0 Å². The van der Waals surface area contributed by atoms with Crippen molar-refractivity contribution in [2.24, 2.45) is 0 Å². The Morgan fingerprint density at radius 3 is 3.06 bits per heavy atom. The Kier molecular flexibility index (Phi) is 5.01. The summed E-state index contributed by atoms with van der Waals surface area (Å²) in [6, 6.07) is 5.58. The molecule has 2 heterocycles. The maximum Gasteiger partial charge on any atom is 0.0388 e. The summed E-state index contributed by atoms with van der Waals surface area (Å²) in [6.45, 7) is 8.29. The minimum Gasteiger partial charge on any atom is -0.307 e. The molecular formula is C14H24N2S. The number of nitrogens with zero attached hydrogens (tertiary/aromatic N) is 1. The summed E-state index contributed by atoms with van der Waals surface area (Å²) in [5.74, 6) is 0. The topological polar surface area (TPSA) is 15.3 Å². The lowest BCUT2D eigenvalue weighted by Crippen LogP contribution is -2.32. The first kappa shape index (κ1) is 13.1. The lowest BCUT2D eigenvalue weighted by Gasteiger charge is -2.21. The van der Waals surface area contributed by atoms with Crippen molar-refractivity contribution in [1.29, 1.82) is 0 Å². The molecule has 17 heavy (non-hydrogen) atoms. The van der Waals surface area contributed by atoms with E-state index in [0.29, 0.717) is 12.1 Å². The molecule has 0 bridgehead atoms. The monoisotopic (exact) mass is 252 g/mol. The quantitative estimate of drug-likeness (QED) is 0.885. The van der Waals surface area contributed by atoms with Gasteiger partial charge < -0.3 is 10.2 Å². The van der Waals surface area contributed by atoms with Gasteiger partial charge in [0.25, 0.3) is 0 Å². The highest BCUT2D eigenvalue weighted by atomic mass is 32.1. The number of hydrogen-bond donors (Lipinski definition) is 1. The second kappa shape index (κ2) is 6.53. The van der Waals surface area contributed by atoms with Crippen LogP contribution < -0.4 is 5.32 Å². The summed E-state index contributed by atoms with van der Waals surface area (Å²) >= 11 is 1.86. The van der Waals surface area contributed by atoms with Crippen molar-refractivity contribution >= 4 is 11.3 Å². The van der Waals surface area contributed by atoms with Crippen LogP contribution in [0.15, 0.2) is 17.5 Å². The van der Waals surface area contributed by atoms with Crippen molar-refractivity contribution in [2.75, 3.05) is 19.6 Å². The average molecular weight is 252 g/mol. The Hall–Kier alpha value is -0.380. The molecule has 1 unspecified atom stereocenters. The fraction of sp³-hybridized carbons (Fsp3) is 0.714. The van der Waals surface area contributed by atoms with E-state index < -0.39 is 0 Å². The highest BCUT2D eigenvalue weighted by Gasteiger charge is 2.18. The Morgan fingerprint density at radius 2 is 2.35 bits per heavy atom. The lowest BCUT2D eigenvalue weighted by atomic mass is 10.1. The fourth-order valence-electron chi connectivity index (χ4n) is 2.61. The molecule has 0 aliphatic carbocycles.